The second kappa shape index (κ2) is 6.55. The van der Waals surface area contributed by atoms with E-state index in [1.807, 2.05) is 55.5 Å². The van der Waals surface area contributed by atoms with Crippen molar-refractivity contribution in [3.8, 4) is 17.5 Å². The van der Waals surface area contributed by atoms with E-state index in [0.29, 0.717) is 23.3 Å². The zero-order valence-corrected chi connectivity index (χ0v) is 13.3. The molecule has 0 radical (unpaired) electrons. The minimum Gasteiger partial charge on any atom is -0.419 e. The lowest BCUT2D eigenvalue weighted by molar-refractivity contribution is 0.584. The average Bonchev–Trinajstić information content (AvgIpc) is 2.98. The maximum atomic E-state index is 9.25. The van der Waals surface area contributed by atoms with Crippen LogP contribution in [0.15, 0.2) is 52.9 Å². The Bertz CT molecular complexity index is 863. The normalized spacial score (nSPS) is 10.3. The van der Waals surface area contributed by atoms with Crippen LogP contribution in [-0.2, 0) is 6.54 Å². The summed E-state index contributed by atoms with van der Waals surface area (Å²) in [5, 5.41) is 13.1. The Labute approximate surface area is 139 Å². The topological polar surface area (TPSA) is 61.9 Å². The van der Waals surface area contributed by atoms with Crippen molar-refractivity contribution in [3.05, 3.63) is 70.4 Å². The molecule has 0 aliphatic heterocycles. The van der Waals surface area contributed by atoms with Crippen LogP contribution in [-0.4, -0.2) is 4.98 Å². The van der Waals surface area contributed by atoms with Gasteiger partial charge in [-0.1, -0.05) is 41.9 Å². The molecule has 2 aromatic carbocycles. The van der Waals surface area contributed by atoms with Gasteiger partial charge in [0.1, 0.15) is 6.07 Å². The molecule has 0 amide bonds. The van der Waals surface area contributed by atoms with Crippen molar-refractivity contribution >= 4 is 17.5 Å². The number of aryl methyl sites for hydroxylation is 1. The van der Waals surface area contributed by atoms with E-state index in [1.165, 1.54) is 0 Å². The number of rotatable bonds is 4. The number of nitriles is 1. The third-order valence-corrected chi connectivity index (χ3v) is 3.73. The summed E-state index contributed by atoms with van der Waals surface area (Å²) in [6.45, 7) is 2.50. The van der Waals surface area contributed by atoms with Crippen LogP contribution < -0.4 is 5.32 Å². The van der Waals surface area contributed by atoms with Gasteiger partial charge >= 0.3 is 0 Å². The smallest absolute Gasteiger partial charge is 0.232 e. The number of aromatic nitrogens is 1. The third kappa shape index (κ3) is 3.36. The number of halogens is 1. The van der Waals surface area contributed by atoms with Crippen molar-refractivity contribution in [2.45, 2.75) is 13.5 Å². The molecule has 3 rings (SSSR count). The Balaban J connectivity index is 1.84. The standard InChI is InChI=1S/C18H14ClN3O/c1-12-4-2-3-5-15(12)17-22-16(10-20)18(23-17)21-11-13-6-8-14(19)9-7-13/h2-9,21H,11H2,1H3. The van der Waals surface area contributed by atoms with E-state index in [0.717, 1.165) is 16.7 Å². The molecule has 0 saturated carbocycles. The summed E-state index contributed by atoms with van der Waals surface area (Å²) in [6, 6.07) is 17.3. The van der Waals surface area contributed by atoms with Gasteiger partial charge in [-0.3, -0.25) is 0 Å². The molecule has 3 aromatic rings. The van der Waals surface area contributed by atoms with Gasteiger partial charge in [0.15, 0.2) is 0 Å². The van der Waals surface area contributed by atoms with Gasteiger partial charge in [-0.05, 0) is 36.2 Å². The molecule has 0 saturated heterocycles. The maximum absolute atomic E-state index is 9.25. The van der Waals surface area contributed by atoms with Gasteiger partial charge in [0.05, 0.1) is 0 Å². The van der Waals surface area contributed by atoms with Gasteiger partial charge in [0.2, 0.25) is 17.5 Å². The van der Waals surface area contributed by atoms with Crippen molar-refractivity contribution in [1.29, 1.82) is 5.26 Å². The lowest BCUT2D eigenvalue weighted by Crippen LogP contribution is -1.99. The second-order valence-electron chi connectivity index (χ2n) is 5.10. The molecular formula is C18H14ClN3O. The van der Waals surface area contributed by atoms with Gasteiger partial charge < -0.3 is 9.73 Å². The molecule has 5 heteroatoms. The number of oxazole rings is 1. The molecule has 0 aliphatic rings. The van der Waals surface area contributed by atoms with Crippen LogP contribution in [0.5, 0.6) is 0 Å². The van der Waals surface area contributed by atoms with E-state index in [4.69, 9.17) is 16.0 Å². The van der Waals surface area contributed by atoms with Crippen LogP contribution >= 0.6 is 11.6 Å². The molecule has 0 atom stereocenters. The minimum absolute atomic E-state index is 0.247. The van der Waals surface area contributed by atoms with Gasteiger partial charge in [0.25, 0.3) is 0 Å². The summed E-state index contributed by atoms with van der Waals surface area (Å²) in [5.41, 5.74) is 3.20. The first-order valence-electron chi connectivity index (χ1n) is 7.12. The molecule has 0 fully saturated rings. The van der Waals surface area contributed by atoms with Gasteiger partial charge in [0, 0.05) is 17.1 Å². The zero-order valence-electron chi connectivity index (χ0n) is 12.5. The summed E-state index contributed by atoms with van der Waals surface area (Å²) in [5.74, 6) is 0.818. The maximum Gasteiger partial charge on any atom is 0.232 e. The first kappa shape index (κ1) is 15.1. The van der Waals surface area contributed by atoms with Crippen LogP contribution in [0.3, 0.4) is 0 Å². The molecule has 0 bridgehead atoms. The highest BCUT2D eigenvalue weighted by Gasteiger charge is 2.15. The minimum atomic E-state index is 0.247. The Morgan fingerprint density at radius 1 is 1.17 bits per heavy atom. The van der Waals surface area contributed by atoms with Crippen LogP contribution in [0.25, 0.3) is 11.5 Å². The van der Waals surface area contributed by atoms with Gasteiger partial charge in [-0.25, -0.2) is 0 Å². The lowest BCUT2D eigenvalue weighted by Gasteiger charge is -2.03. The number of hydrogen-bond acceptors (Lipinski definition) is 4. The molecule has 4 nitrogen and oxygen atoms in total. The monoisotopic (exact) mass is 323 g/mol. The summed E-state index contributed by atoms with van der Waals surface area (Å²) >= 11 is 5.87. The fourth-order valence-corrected chi connectivity index (χ4v) is 2.35. The Hall–Kier alpha value is -2.77. The van der Waals surface area contributed by atoms with Gasteiger partial charge in [-0.15, -0.1) is 0 Å². The molecule has 0 aliphatic carbocycles. The van der Waals surface area contributed by atoms with Crippen molar-refractivity contribution in [2.75, 3.05) is 5.32 Å². The average molecular weight is 324 g/mol. The predicted molar refractivity (Wildman–Crippen MR) is 90.2 cm³/mol. The van der Waals surface area contributed by atoms with E-state index in [-0.39, 0.29) is 5.69 Å². The molecule has 114 valence electrons. The number of anilines is 1. The molecule has 0 spiro atoms. The van der Waals surface area contributed by atoms with Crippen LogP contribution in [0.1, 0.15) is 16.8 Å². The van der Waals surface area contributed by atoms with E-state index in [1.54, 1.807) is 0 Å². The number of benzene rings is 2. The Kier molecular flexibility index (Phi) is 4.31. The van der Waals surface area contributed by atoms with Crippen LogP contribution in [0.2, 0.25) is 5.02 Å². The zero-order chi connectivity index (χ0) is 16.2. The van der Waals surface area contributed by atoms with E-state index in [9.17, 15) is 5.26 Å². The van der Waals surface area contributed by atoms with Crippen LogP contribution in [0.4, 0.5) is 5.88 Å². The first-order valence-corrected chi connectivity index (χ1v) is 7.50. The van der Waals surface area contributed by atoms with Crippen molar-refractivity contribution < 1.29 is 4.42 Å². The second-order valence-corrected chi connectivity index (χ2v) is 5.54. The van der Waals surface area contributed by atoms with Crippen molar-refractivity contribution in [2.24, 2.45) is 0 Å². The largest absolute Gasteiger partial charge is 0.419 e. The van der Waals surface area contributed by atoms with Crippen molar-refractivity contribution in [1.82, 2.24) is 4.98 Å². The molecule has 1 N–H and O–H groups in total. The summed E-state index contributed by atoms with van der Waals surface area (Å²) < 4.78 is 5.75. The lowest BCUT2D eigenvalue weighted by atomic mass is 10.1. The van der Waals surface area contributed by atoms with Crippen LogP contribution in [0, 0.1) is 18.3 Å². The SMILES string of the molecule is Cc1ccccc1-c1nc(C#N)c(NCc2ccc(Cl)cc2)o1. The van der Waals surface area contributed by atoms with E-state index < -0.39 is 0 Å². The quantitative estimate of drug-likeness (QED) is 0.750. The fraction of sp³-hybridized carbons (Fsp3) is 0.111. The van der Waals surface area contributed by atoms with Gasteiger partial charge in [-0.2, -0.15) is 10.2 Å². The molecule has 23 heavy (non-hydrogen) atoms. The summed E-state index contributed by atoms with van der Waals surface area (Å²) in [4.78, 5) is 4.27. The number of nitrogens with zero attached hydrogens (tertiary/aromatic N) is 2. The molecule has 0 unspecified atom stereocenters. The molecule has 1 heterocycles. The predicted octanol–water partition coefficient (Wildman–Crippen LogP) is 4.79. The highest BCUT2D eigenvalue weighted by Crippen LogP contribution is 2.27. The fourth-order valence-electron chi connectivity index (χ4n) is 2.23. The number of hydrogen-bond donors (Lipinski definition) is 1. The third-order valence-electron chi connectivity index (χ3n) is 3.47. The highest BCUT2D eigenvalue weighted by molar-refractivity contribution is 6.30. The van der Waals surface area contributed by atoms with E-state index >= 15 is 0 Å². The molecule has 1 aromatic heterocycles. The highest BCUT2D eigenvalue weighted by atomic mass is 35.5. The molecular weight excluding hydrogens is 310 g/mol. The Morgan fingerprint density at radius 2 is 1.91 bits per heavy atom. The van der Waals surface area contributed by atoms with Crippen molar-refractivity contribution in [3.63, 3.8) is 0 Å². The number of nitrogens with one attached hydrogen (secondary N) is 1. The summed E-state index contributed by atoms with van der Waals surface area (Å²) in [7, 11) is 0. The first-order chi connectivity index (χ1) is 11.2. The van der Waals surface area contributed by atoms with E-state index in [2.05, 4.69) is 16.4 Å². The summed E-state index contributed by atoms with van der Waals surface area (Å²) in [6.07, 6.45) is 0. The Morgan fingerprint density at radius 3 is 2.61 bits per heavy atom.